The molecule has 8 nitrogen and oxygen atoms in total. The predicted octanol–water partition coefficient (Wildman–Crippen LogP) is 4.64. The molecule has 2 atom stereocenters. The number of fused-ring (bicyclic) bond motifs is 3. The van der Waals surface area contributed by atoms with Gasteiger partial charge in [-0.05, 0) is 53.6 Å². The zero-order chi connectivity index (χ0) is 28.8. The van der Waals surface area contributed by atoms with Crippen molar-refractivity contribution in [2.24, 2.45) is 11.8 Å². The van der Waals surface area contributed by atoms with Crippen LogP contribution in [0.3, 0.4) is 0 Å². The summed E-state index contributed by atoms with van der Waals surface area (Å²) in [5.74, 6) is -1.92. The number of carboxylic acids is 1. The van der Waals surface area contributed by atoms with Gasteiger partial charge in [-0.15, -0.1) is 0 Å². The average Bonchev–Trinajstić information content (AvgIpc) is 3.26. The molecule has 2 aliphatic rings. The van der Waals surface area contributed by atoms with Crippen LogP contribution in [0.2, 0.25) is 0 Å². The molecule has 0 spiro atoms. The average molecular weight is 556 g/mol. The van der Waals surface area contributed by atoms with E-state index in [1.54, 1.807) is 0 Å². The monoisotopic (exact) mass is 555 g/mol. The van der Waals surface area contributed by atoms with Gasteiger partial charge in [-0.2, -0.15) is 0 Å². The van der Waals surface area contributed by atoms with Crippen LogP contribution in [0.4, 0.5) is 4.79 Å². The highest BCUT2D eigenvalue weighted by Gasteiger charge is 2.35. The summed E-state index contributed by atoms with van der Waals surface area (Å²) < 4.78 is 5.65. The minimum atomic E-state index is -1.09. The number of aliphatic carboxylic acids is 1. The van der Waals surface area contributed by atoms with Gasteiger partial charge in [0, 0.05) is 25.6 Å². The Morgan fingerprint density at radius 3 is 2.12 bits per heavy atom. The maximum atomic E-state index is 13.3. The van der Waals surface area contributed by atoms with Crippen LogP contribution >= 0.6 is 0 Å². The topological polar surface area (TPSA) is 108 Å². The molecule has 0 radical (unpaired) electrons. The van der Waals surface area contributed by atoms with Crippen molar-refractivity contribution >= 4 is 18.0 Å². The number of hydrogen-bond donors (Lipinski definition) is 3. The summed E-state index contributed by atoms with van der Waals surface area (Å²) in [5.41, 5.74) is 5.63. The van der Waals surface area contributed by atoms with Gasteiger partial charge in [-0.25, -0.2) is 9.59 Å². The first-order valence-electron chi connectivity index (χ1n) is 14.2. The first-order chi connectivity index (χ1) is 19.9. The minimum Gasteiger partial charge on any atom is -0.480 e. The Morgan fingerprint density at radius 2 is 1.54 bits per heavy atom. The lowest BCUT2D eigenvalue weighted by Gasteiger charge is -2.34. The molecular formula is C33H37N3O5. The molecule has 0 bridgehead atoms. The number of carboxylic acid groups (broad SMARTS) is 1. The van der Waals surface area contributed by atoms with Gasteiger partial charge in [0.05, 0.1) is 5.92 Å². The van der Waals surface area contributed by atoms with E-state index in [2.05, 4.69) is 34.9 Å². The Balaban J connectivity index is 1.16. The van der Waals surface area contributed by atoms with E-state index in [-0.39, 0.29) is 37.4 Å². The number of alkyl carbamates (subject to hydrolysis) is 1. The van der Waals surface area contributed by atoms with Crippen molar-refractivity contribution in [3.8, 4) is 11.1 Å². The van der Waals surface area contributed by atoms with Crippen LogP contribution in [0.25, 0.3) is 11.1 Å². The predicted molar refractivity (Wildman–Crippen MR) is 156 cm³/mol. The maximum absolute atomic E-state index is 13.3. The summed E-state index contributed by atoms with van der Waals surface area (Å²) in [5, 5.41) is 15.3. The van der Waals surface area contributed by atoms with Crippen LogP contribution in [0.15, 0.2) is 78.9 Å². The summed E-state index contributed by atoms with van der Waals surface area (Å²) in [6.07, 6.45) is 2.18. The third-order valence-corrected chi connectivity index (χ3v) is 8.27. The Labute approximate surface area is 240 Å². The number of carbonyl (C=O) groups is 3. The molecule has 1 fully saturated rings. The Kier molecular flexibility index (Phi) is 8.99. The van der Waals surface area contributed by atoms with E-state index in [1.807, 2.05) is 66.5 Å². The molecule has 1 saturated carbocycles. The largest absolute Gasteiger partial charge is 0.480 e. The molecule has 0 heterocycles. The first kappa shape index (κ1) is 28.4. The molecule has 8 heteroatoms. The molecule has 5 rings (SSSR count). The fourth-order valence-electron chi connectivity index (χ4n) is 5.89. The lowest BCUT2D eigenvalue weighted by Crippen LogP contribution is -2.52. The highest BCUT2D eigenvalue weighted by atomic mass is 16.5. The molecule has 41 heavy (non-hydrogen) atoms. The van der Waals surface area contributed by atoms with E-state index in [9.17, 15) is 19.5 Å². The fourth-order valence-corrected chi connectivity index (χ4v) is 5.89. The van der Waals surface area contributed by atoms with E-state index in [1.165, 1.54) is 0 Å². The SMILES string of the molecule is CN(Cc1ccccc1)CC(NC(=O)C(CNC(=O)OCC1c2ccccc2-c2ccccc21)C1CCC1)C(=O)O. The Hall–Kier alpha value is -4.17. The van der Waals surface area contributed by atoms with E-state index in [4.69, 9.17) is 4.74 Å². The van der Waals surface area contributed by atoms with Gasteiger partial charge in [0.2, 0.25) is 5.91 Å². The van der Waals surface area contributed by atoms with Crippen molar-refractivity contribution in [3.05, 3.63) is 95.6 Å². The molecule has 2 unspecified atom stereocenters. The number of amides is 2. The van der Waals surface area contributed by atoms with Crippen LogP contribution in [0, 0.1) is 11.8 Å². The summed E-state index contributed by atoms with van der Waals surface area (Å²) in [7, 11) is 1.83. The van der Waals surface area contributed by atoms with Gasteiger partial charge in [0.25, 0.3) is 0 Å². The number of nitrogens with zero attached hydrogens (tertiary/aromatic N) is 1. The fraction of sp³-hybridized carbons (Fsp3) is 0.364. The molecule has 2 amide bonds. The van der Waals surface area contributed by atoms with Crippen molar-refractivity contribution < 1.29 is 24.2 Å². The zero-order valence-corrected chi connectivity index (χ0v) is 23.3. The number of benzene rings is 3. The minimum absolute atomic E-state index is 0.0527. The molecule has 3 aromatic rings. The van der Waals surface area contributed by atoms with Crippen molar-refractivity contribution in [2.45, 2.75) is 37.8 Å². The molecule has 0 aliphatic heterocycles. The number of carbonyl (C=O) groups excluding carboxylic acids is 2. The number of hydrogen-bond acceptors (Lipinski definition) is 5. The Morgan fingerprint density at radius 1 is 0.927 bits per heavy atom. The normalized spacial score (nSPS) is 15.8. The van der Waals surface area contributed by atoms with Crippen LogP contribution in [-0.2, 0) is 20.9 Å². The summed E-state index contributed by atoms with van der Waals surface area (Å²) in [6.45, 7) is 1.01. The van der Waals surface area contributed by atoms with Gasteiger partial charge in [-0.3, -0.25) is 9.69 Å². The number of rotatable bonds is 12. The highest BCUT2D eigenvalue weighted by Crippen LogP contribution is 2.44. The lowest BCUT2D eigenvalue weighted by molar-refractivity contribution is -0.143. The van der Waals surface area contributed by atoms with Gasteiger partial charge >= 0.3 is 12.1 Å². The molecular weight excluding hydrogens is 518 g/mol. The second-order valence-electron chi connectivity index (χ2n) is 11.1. The summed E-state index contributed by atoms with van der Waals surface area (Å²) >= 11 is 0. The standard InChI is InChI=1S/C33H37N3O5/c1-36(19-22-10-3-2-4-11-22)20-30(32(38)39)35-31(37)28(23-12-9-13-23)18-34-33(40)41-21-29-26-16-7-5-14-24(26)25-15-6-8-17-27(25)29/h2-8,10-11,14-17,23,28-30H,9,12-13,18-21H2,1H3,(H,34,40)(H,35,37)(H,38,39). The van der Waals surface area contributed by atoms with Gasteiger partial charge in [-0.1, -0.05) is 85.3 Å². The van der Waals surface area contributed by atoms with Gasteiger partial charge < -0.3 is 20.5 Å². The lowest BCUT2D eigenvalue weighted by atomic mass is 9.75. The second-order valence-corrected chi connectivity index (χ2v) is 11.1. The highest BCUT2D eigenvalue weighted by molar-refractivity contribution is 5.86. The van der Waals surface area contributed by atoms with E-state index in [0.29, 0.717) is 6.54 Å². The number of nitrogens with one attached hydrogen (secondary N) is 2. The van der Waals surface area contributed by atoms with Crippen LogP contribution in [-0.4, -0.2) is 60.8 Å². The molecule has 214 valence electrons. The number of ether oxygens (including phenoxy) is 1. The summed E-state index contributed by atoms with van der Waals surface area (Å²) in [6, 6.07) is 25.0. The van der Waals surface area contributed by atoms with Gasteiger partial charge in [0.15, 0.2) is 0 Å². The van der Waals surface area contributed by atoms with E-state index >= 15 is 0 Å². The van der Waals surface area contributed by atoms with E-state index < -0.39 is 24.0 Å². The maximum Gasteiger partial charge on any atom is 0.407 e. The number of likely N-dealkylation sites (N-methyl/N-ethyl adjacent to an activating group) is 1. The molecule has 2 aliphatic carbocycles. The third-order valence-electron chi connectivity index (χ3n) is 8.27. The van der Waals surface area contributed by atoms with Crippen molar-refractivity contribution in [1.29, 1.82) is 0 Å². The van der Waals surface area contributed by atoms with Crippen LogP contribution < -0.4 is 10.6 Å². The summed E-state index contributed by atoms with van der Waals surface area (Å²) in [4.78, 5) is 40.0. The second kappa shape index (κ2) is 13.0. The van der Waals surface area contributed by atoms with Crippen molar-refractivity contribution in [1.82, 2.24) is 15.5 Å². The van der Waals surface area contributed by atoms with Gasteiger partial charge in [0.1, 0.15) is 12.6 Å². The first-order valence-corrected chi connectivity index (χ1v) is 14.2. The van der Waals surface area contributed by atoms with Crippen molar-refractivity contribution in [2.75, 3.05) is 26.7 Å². The smallest absolute Gasteiger partial charge is 0.407 e. The van der Waals surface area contributed by atoms with Crippen molar-refractivity contribution in [3.63, 3.8) is 0 Å². The van der Waals surface area contributed by atoms with Crippen LogP contribution in [0.1, 0.15) is 41.9 Å². The molecule has 0 saturated heterocycles. The van der Waals surface area contributed by atoms with E-state index in [0.717, 1.165) is 47.1 Å². The third kappa shape index (κ3) is 6.77. The molecule has 3 aromatic carbocycles. The van der Waals surface area contributed by atoms with Crippen LogP contribution in [0.5, 0.6) is 0 Å². The quantitative estimate of drug-likeness (QED) is 0.301. The molecule has 0 aromatic heterocycles. The zero-order valence-electron chi connectivity index (χ0n) is 23.3. The Bertz CT molecular complexity index is 1330. The molecule has 3 N–H and O–H groups in total.